The van der Waals surface area contributed by atoms with Crippen LogP contribution in [-0.4, -0.2) is 80.8 Å². The first kappa shape index (κ1) is 31.6. The molecule has 1 aliphatic rings. The Morgan fingerprint density at radius 3 is 2.64 bits per heavy atom. The minimum atomic E-state index is -4.29. The molecule has 1 fully saturated rings. The molecule has 1 aliphatic heterocycles. The van der Waals surface area contributed by atoms with Gasteiger partial charge in [0.15, 0.2) is 28.9 Å². The number of hydrogen-bond donors (Lipinski definition) is 3. The number of nitrogens with two attached hydrogens (primary N) is 1. The van der Waals surface area contributed by atoms with E-state index in [-0.39, 0.29) is 17.3 Å². The Labute approximate surface area is 242 Å². The summed E-state index contributed by atoms with van der Waals surface area (Å²) >= 11 is 0. The summed E-state index contributed by atoms with van der Waals surface area (Å²) in [4.78, 5) is 27.1. The molecule has 0 unspecified atom stereocenters. The van der Waals surface area contributed by atoms with E-state index in [4.69, 9.17) is 24.3 Å². The van der Waals surface area contributed by atoms with Crippen LogP contribution in [0.3, 0.4) is 0 Å². The molecule has 14 nitrogen and oxygen atoms in total. The third-order valence-electron chi connectivity index (χ3n) is 6.66. The average molecular weight is 610 g/mol. The number of ether oxygens (including phenoxy) is 2. The van der Waals surface area contributed by atoms with Crippen molar-refractivity contribution in [3.63, 3.8) is 0 Å². The maximum absolute atomic E-state index is 16.1. The van der Waals surface area contributed by atoms with Crippen molar-refractivity contribution in [1.82, 2.24) is 24.6 Å². The zero-order chi connectivity index (χ0) is 30.8. The lowest BCUT2D eigenvalue weighted by atomic mass is 9.98. The number of hydrogen-bond acceptors (Lipinski definition) is 12. The predicted octanol–water partition coefficient (Wildman–Crippen LogP) is 2.98. The number of nitrogen functional groups attached to an aromatic ring is 1. The van der Waals surface area contributed by atoms with E-state index in [1.165, 1.54) is 24.7 Å². The van der Waals surface area contributed by atoms with Crippen molar-refractivity contribution in [3.05, 3.63) is 36.7 Å². The third kappa shape index (κ3) is 6.65. The maximum Gasteiger partial charge on any atom is 0.459 e. The van der Waals surface area contributed by atoms with E-state index in [9.17, 15) is 14.5 Å². The normalized spacial score (nSPS) is 24.5. The fourth-order valence-electron chi connectivity index (χ4n) is 4.36. The van der Waals surface area contributed by atoms with Crippen LogP contribution in [0.1, 0.15) is 40.8 Å². The topological polar surface area (TPSA) is 176 Å². The van der Waals surface area contributed by atoms with Gasteiger partial charge in [-0.1, -0.05) is 18.2 Å². The summed E-state index contributed by atoms with van der Waals surface area (Å²) < 4.78 is 53.6. The fourth-order valence-corrected chi connectivity index (χ4v) is 5.86. The summed E-state index contributed by atoms with van der Waals surface area (Å²) in [6, 6.07) is 7.07. The lowest BCUT2D eigenvalue weighted by molar-refractivity contribution is -0.149. The highest BCUT2D eigenvalue weighted by Crippen LogP contribution is 2.48. The number of nitrogens with one attached hydrogen (secondary N) is 1. The van der Waals surface area contributed by atoms with E-state index in [1.54, 1.807) is 51.2 Å². The van der Waals surface area contributed by atoms with Crippen LogP contribution >= 0.6 is 7.75 Å². The second-order valence-electron chi connectivity index (χ2n) is 10.4. The van der Waals surface area contributed by atoms with Gasteiger partial charge in [0, 0.05) is 13.6 Å². The number of nitrogens with zero attached hydrogens (tertiary/aromatic N) is 5. The number of para-hydroxylation sites is 1. The molecule has 230 valence electrons. The molecule has 1 aromatic carbocycles. The van der Waals surface area contributed by atoms with Gasteiger partial charge in [-0.05, 0) is 46.8 Å². The van der Waals surface area contributed by atoms with Crippen LogP contribution in [0.5, 0.6) is 5.75 Å². The van der Waals surface area contributed by atoms with Gasteiger partial charge in [0.1, 0.15) is 24.0 Å². The quantitative estimate of drug-likeness (QED) is 0.202. The van der Waals surface area contributed by atoms with Crippen LogP contribution < -0.4 is 20.2 Å². The number of fused-ring (bicyclic) bond motifs is 1. The summed E-state index contributed by atoms with van der Waals surface area (Å²) in [5.41, 5.74) is 4.15. The Morgan fingerprint density at radius 1 is 1.31 bits per heavy atom. The van der Waals surface area contributed by atoms with Crippen molar-refractivity contribution in [2.45, 2.75) is 70.9 Å². The summed E-state index contributed by atoms with van der Waals surface area (Å²) in [6.45, 7) is 7.92. The predicted molar refractivity (Wildman–Crippen MR) is 153 cm³/mol. The number of rotatable bonds is 12. The molecule has 2 aromatic heterocycles. The largest absolute Gasteiger partial charge is 0.462 e. The van der Waals surface area contributed by atoms with E-state index >= 15 is 4.39 Å². The second-order valence-corrected chi connectivity index (χ2v) is 12.1. The molecule has 16 heteroatoms. The highest BCUT2D eigenvalue weighted by Gasteiger charge is 2.56. The van der Waals surface area contributed by atoms with Crippen LogP contribution in [0.4, 0.5) is 16.2 Å². The number of carbonyl (C=O) groups excluding carboxylic acids is 1. The Hall–Kier alpha value is -3.36. The van der Waals surface area contributed by atoms with Crippen molar-refractivity contribution in [3.8, 4) is 5.75 Å². The smallest absolute Gasteiger partial charge is 0.459 e. The van der Waals surface area contributed by atoms with Gasteiger partial charge in [0.05, 0.1) is 19.0 Å². The van der Waals surface area contributed by atoms with E-state index < -0.39 is 56.6 Å². The van der Waals surface area contributed by atoms with Crippen molar-refractivity contribution in [2.75, 3.05) is 30.8 Å². The van der Waals surface area contributed by atoms with E-state index in [0.29, 0.717) is 17.9 Å². The van der Waals surface area contributed by atoms with Gasteiger partial charge in [-0.15, -0.1) is 0 Å². The zero-order valence-electron chi connectivity index (χ0n) is 24.3. The van der Waals surface area contributed by atoms with Crippen LogP contribution in [0.2, 0.25) is 0 Å². The number of aromatic nitrogens is 4. The van der Waals surface area contributed by atoms with Gasteiger partial charge < -0.3 is 29.7 Å². The lowest BCUT2D eigenvalue weighted by Crippen LogP contribution is -2.41. The number of aliphatic hydroxyl groups is 1. The van der Waals surface area contributed by atoms with Gasteiger partial charge in [-0.25, -0.2) is 13.9 Å². The zero-order valence-corrected chi connectivity index (χ0v) is 25.2. The number of alkyl halides is 1. The number of imidazole rings is 1. The number of aliphatic hydroxyl groups excluding tert-OH is 1. The first-order valence-electron chi connectivity index (χ1n) is 13.5. The fraction of sp³-hybridized carbons (Fsp3) is 0.538. The Kier molecular flexibility index (Phi) is 9.38. The third-order valence-corrected chi connectivity index (χ3v) is 8.30. The molecule has 0 saturated carbocycles. The van der Waals surface area contributed by atoms with Crippen LogP contribution in [-0.2, 0) is 23.4 Å². The molecule has 0 spiro atoms. The monoisotopic (exact) mass is 609 g/mol. The first-order chi connectivity index (χ1) is 19.8. The molecule has 42 heavy (non-hydrogen) atoms. The molecule has 4 rings (SSSR count). The van der Waals surface area contributed by atoms with Crippen molar-refractivity contribution >= 4 is 36.6 Å². The van der Waals surface area contributed by atoms with Crippen LogP contribution in [0.25, 0.3) is 11.2 Å². The number of carbonyl (C=O) groups is 1. The van der Waals surface area contributed by atoms with Crippen molar-refractivity contribution in [2.24, 2.45) is 0 Å². The van der Waals surface area contributed by atoms with Gasteiger partial charge in [-0.3, -0.25) is 13.9 Å². The van der Waals surface area contributed by atoms with E-state index in [2.05, 4.69) is 20.0 Å². The van der Waals surface area contributed by atoms with Crippen molar-refractivity contribution in [1.29, 1.82) is 0 Å². The maximum atomic E-state index is 16.1. The molecule has 0 radical (unpaired) electrons. The summed E-state index contributed by atoms with van der Waals surface area (Å²) in [7, 11) is -2.49. The summed E-state index contributed by atoms with van der Waals surface area (Å²) in [6.07, 6.45) is -3.49. The Bertz CT molecular complexity index is 1440. The standard InChI is InChI=1S/C26H37FN7O7P/c1-7-33(6)21-19-22(31-25(28)30-21)34(14-29-19)24-26(5,27)20(35)18(40-24)13-38-42(37,41-17-11-9-8-10-12-17)32-16(4)23(36)39-15(2)3/h8-12,14-16,18,20,24,35H,7,13H2,1-6H3,(H,32,37)(H2,28,30,31)/t16-,18+,20+,24+,26+,42-/m0/s1. The number of anilines is 2. The van der Waals surface area contributed by atoms with Crippen molar-refractivity contribution < 1.29 is 37.4 Å². The summed E-state index contributed by atoms with van der Waals surface area (Å²) in [5, 5.41) is 13.5. The van der Waals surface area contributed by atoms with Gasteiger partial charge >= 0.3 is 13.7 Å². The van der Waals surface area contributed by atoms with Gasteiger partial charge in [0.2, 0.25) is 5.95 Å². The molecule has 3 aromatic rings. The Balaban J connectivity index is 1.58. The molecule has 1 saturated heterocycles. The second kappa shape index (κ2) is 12.5. The number of benzene rings is 1. The molecular weight excluding hydrogens is 572 g/mol. The van der Waals surface area contributed by atoms with Gasteiger partial charge in [-0.2, -0.15) is 15.1 Å². The SMILES string of the molecule is CCN(C)c1nc(N)nc2c1ncn2[C@@H]1O[C@H](CO[P@@](=O)(N[C@@H](C)C(=O)OC(C)C)Oc2ccccc2)[C@@H](O)[C@@]1(C)F. The minimum Gasteiger partial charge on any atom is -0.462 e. The minimum absolute atomic E-state index is 0.0475. The van der Waals surface area contributed by atoms with Gasteiger partial charge in [0.25, 0.3) is 0 Å². The molecule has 0 amide bonds. The number of esters is 1. The molecular formula is C26H37FN7O7P. The molecule has 6 atom stereocenters. The summed E-state index contributed by atoms with van der Waals surface area (Å²) in [5.74, 6) is -0.0871. The molecule has 0 aliphatic carbocycles. The molecule has 4 N–H and O–H groups in total. The highest BCUT2D eigenvalue weighted by atomic mass is 31.2. The molecule has 0 bridgehead atoms. The van der Waals surface area contributed by atoms with Crippen LogP contribution in [0, 0.1) is 0 Å². The Morgan fingerprint density at radius 2 is 2.00 bits per heavy atom. The highest BCUT2D eigenvalue weighted by molar-refractivity contribution is 7.52. The van der Waals surface area contributed by atoms with Crippen LogP contribution in [0.15, 0.2) is 36.7 Å². The molecule has 3 heterocycles. The van der Waals surface area contributed by atoms with E-state index in [0.717, 1.165) is 0 Å². The first-order valence-corrected chi connectivity index (χ1v) is 15.0. The number of halogens is 1. The lowest BCUT2D eigenvalue weighted by Gasteiger charge is -2.25. The van der Waals surface area contributed by atoms with E-state index in [1.807, 2.05) is 11.8 Å². The average Bonchev–Trinajstić information content (AvgIpc) is 3.44.